The second-order valence-electron chi connectivity index (χ2n) is 6.83. The van der Waals surface area contributed by atoms with E-state index in [1.807, 2.05) is 9.80 Å². The first-order chi connectivity index (χ1) is 11.5. The molecule has 132 valence electrons. The van der Waals surface area contributed by atoms with E-state index in [1.54, 1.807) is 0 Å². The minimum Gasteiger partial charge on any atom is -0.339 e. The molecule has 1 aliphatic heterocycles. The van der Waals surface area contributed by atoms with Gasteiger partial charge in [-0.2, -0.15) is 0 Å². The Hall–Kier alpha value is -1.84. The van der Waals surface area contributed by atoms with E-state index < -0.39 is 0 Å². The topological polar surface area (TPSA) is 40.6 Å². The molecule has 1 heterocycles. The number of benzene rings is 1. The number of aryl methyl sites for hydroxylation is 2. The van der Waals surface area contributed by atoms with Crippen molar-refractivity contribution >= 4 is 11.8 Å². The lowest BCUT2D eigenvalue weighted by molar-refractivity contribution is -0.142. The van der Waals surface area contributed by atoms with Crippen LogP contribution in [-0.2, 0) is 16.0 Å². The number of carbonyl (C=O) groups excluding carboxylic acids is 2. The van der Waals surface area contributed by atoms with Crippen molar-refractivity contribution in [3.8, 4) is 0 Å². The normalized spacial score (nSPS) is 15.0. The van der Waals surface area contributed by atoms with Crippen LogP contribution in [0, 0.1) is 19.8 Å². The van der Waals surface area contributed by atoms with Gasteiger partial charge >= 0.3 is 0 Å². The van der Waals surface area contributed by atoms with Crippen LogP contribution >= 0.6 is 0 Å². The number of hydrogen-bond acceptors (Lipinski definition) is 2. The molecule has 4 heteroatoms. The van der Waals surface area contributed by atoms with Crippen LogP contribution < -0.4 is 0 Å². The zero-order valence-electron chi connectivity index (χ0n) is 15.5. The standard InChI is InChI=1S/C20H30N2O2/c1-5-17(6-2)20(24)22-11-9-21(10-12-22)19(23)14-18-8-7-15(3)13-16(18)4/h7-8,13,17H,5-6,9-12,14H2,1-4H3. The van der Waals surface area contributed by atoms with Gasteiger partial charge in [0.2, 0.25) is 11.8 Å². The fraction of sp³-hybridized carbons (Fsp3) is 0.600. The average molecular weight is 330 g/mol. The first-order valence-corrected chi connectivity index (χ1v) is 9.08. The molecular formula is C20H30N2O2. The molecule has 1 aliphatic rings. The average Bonchev–Trinajstić information content (AvgIpc) is 2.58. The van der Waals surface area contributed by atoms with Gasteiger partial charge in [-0.05, 0) is 37.8 Å². The summed E-state index contributed by atoms with van der Waals surface area (Å²) in [5.74, 6) is 0.542. The van der Waals surface area contributed by atoms with E-state index in [4.69, 9.17) is 0 Å². The summed E-state index contributed by atoms with van der Waals surface area (Å²) in [6, 6.07) is 6.23. The Morgan fingerprint density at radius 1 is 1.00 bits per heavy atom. The predicted octanol–water partition coefficient (Wildman–Crippen LogP) is 2.95. The fourth-order valence-corrected chi connectivity index (χ4v) is 3.39. The molecule has 0 aliphatic carbocycles. The zero-order chi connectivity index (χ0) is 17.7. The van der Waals surface area contributed by atoms with Gasteiger partial charge in [0.15, 0.2) is 0 Å². The van der Waals surface area contributed by atoms with Crippen molar-refractivity contribution < 1.29 is 9.59 Å². The van der Waals surface area contributed by atoms with Gasteiger partial charge in [0, 0.05) is 32.1 Å². The second kappa shape index (κ2) is 8.32. The molecule has 24 heavy (non-hydrogen) atoms. The van der Waals surface area contributed by atoms with Crippen molar-refractivity contribution in [2.45, 2.75) is 47.0 Å². The third kappa shape index (κ3) is 4.37. The number of hydrogen-bond donors (Lipinski definition) is 0. The van der Waals surface area contributed by atoms with Crippen molar-refractivity contribution in [3.63, 3.8) is 0 Å². The van der Waals surface area contributed by atoms with Crippen molar-refractivity contribution in [1.82, 2.24) is 9.80 Å². The van der Waals surface area contributed by atoms with Crippen LogP contribution in [0.5, 0.6) is 0 Å². The predicted molar refractivity (Wildman–Crippen MR) is 96.9 cm³/mol. The second-order valence-corrected chi connectivity index (χ2v) is 6.83. The smallest absolute Gasteiger partial charge is 0.227 e. The van der Waals surface area contributed by atoms with Gasteiger partial charge in [0.1, 0.15) is 0 Å². The van der Waals surface area contributed by atoms with E-state index in [0.29, 0.717) is 32.6 Å². The van der Waals surface area contributed by atoms with Crippen molar-refractivity contribution in [2.24, 2.45) is 5.92 Å². The molecule has 0 spiro atoms. The molecule has 1 aromatic carbocycles. The highest BCUT2D eigenvalue weighted by atomic mass is 16.2. The molecule has 1 saturated heterocycles. The molecule has 0 radical (unpaired) electrons. The Morgan fingerprint density at radius 3 is 2.12 bits per heavy atom. The quantitative estimate of drug-likeness (QED) is 0.833. The van der Waals surface area contributed by atoms with Gasteiger partial charge in [0.25, 0.3) is 0 Å². The maximum absolute atomic E-state index is 12.5. The largest absolute Gasteiger partial charge is 0.339 e. The lowest BCUT2D eigenvalue weighted by atomic mass is 10.0. The first kappa shape index (κ1) is 18.5. The molecule has 4 nitrogen and oxygen atoms in total. The Kier molecular flexibility index (Phi) is 6.41. The molecule has 0 saturated carbocycles. The minimum atomic E-state index is 0.127. The molecule has 1 aromatic rings. The summed E-state index contributed by atoms with van der Waals surface area (Å²) in [5, 5.41) is 0. The third-order valence-corrected chi connectivity index (χ3v) is 5.12. The highest BCUT2D eigenvalue weighted by molar-refractivity contribution is 5.81. The van der Waals surface area contributed by atoms with E-state index in [1.165, 1.54) is 11.1 Å². The van der Waals surface area contributed by atoms with Gasteiger partial charge in [-0.25, -0.2) is 0 Å². The van der Waals surface area contributed by atoms with Gasteiger partial charge in [-0.1, -0.05) is 37.6 Å². The minimum absolute atomic E-state index is 0.127. The first-order valence-electron chi connectivity index (χ1n) is 9.08. The van der Waals surface area contributed by atoms with Crippen LogP contribution in [0.1, 0.15) is 43.4 Å². The van der Waals surface area contributed by atoms with Crippen LogP contribution in [-0.4, -0.2) is 47.8 Å². The highest BCUT2D eigenvalue weighted by Gasteiger charge is 2.27. The molecule has 2 rings (SSSR count). The van der Waals surface area contributed by atoms with Gasteiger partial charge in [-0.3, -0.25) is 9.59 Å². The van der Waals surface area contributed by atoms with Crippen LogP contribution in [0.25, 0.3) is 0 Å². The highest BCUT2D eigenvalue weighted by Crippen LogP contribution is 2.16. The molecule has 1 fully saturated rings. The molecule has 2 amide bonds. The number of amides is 2. The van der Waals surface area contributed by atoms with E-state index >= 15 is 0 Å². The van der Waals surface area contributed by atoms with Crippen molar-refractivity contribution in [1.29, 1.82) is 0 Å². The number of rotatable bonds is 5. The summed E-state index contributed by atoms with van der Waals surface area (Å²) in [5.41, 5.74) is 3.49. The van der Waals surface area contributed by atoms with E-state index in [-0.39, 0.29) is 17.7 Å². The molecule has 0 bridgehead atoms. The summed E-state index contributed by atoms with van der Waals surface area (Å²) in [7, 11) is 0. The fourth-order valence-electron chi connectivity index (χ4n) is 3.39. The lowest BCUT2D eigenvalue weighted by Crippen LogP contribution is -2.52. The summed E-state index contributed by atoms with van der Waals surface area (Å²) in [4.78, 5) is 28.8. The van der Waals surface area contributed by atoms with Gasteiger partial charge < -0.3 is 9.80 Å². The Morgan fingerprint density at radius 2 is 1.58 bits per heavy atom. The third-order valence-electron chi connectivity index (χ3n) is 5.12. The van der Waals surface area contributed by atoms with E-state index in [2.05, 4.69) is 45.9 Å². The molecule has 0 unspecified atom stereocenters. The summed E-state index contributed by atoms with van der Waals surface area (Å²) in [6.45, 7) is 10.9. The van der Waals surface area contributed by atoms with E-state index in [0.717, 1.165) is 18.4 Å². The maximum Gasteiger partial charge on any atom is 0.227 e. The summed E-state index contributed by atoms with van der Waals surface area (Å²) < 4.78 is 0. The SMILES string of the molecule is CCC(CC)C(=O)N1CCN(C(=O)Cc2ccc(C)cc2C)CC1. The summed E-state index contributed by atoms with van der Waals surface area (Å²) >= 11 is 0. The van der Waals surface area contributed by atoms with Crippen molar-refractivity contribution in [3.05, 3.63) is 34.9 Å². The lowest BCUT2D eigenvalue weighted by Gasteiger charge is -2.36. The number of piperazine rings is 1. The Labute approximate surface area is 145 Å². The Bertz CT molecular complexity index is 585. The molecule has 0 atom stereocenters. The zero-order valence-corrected chi connectivity index (χ0v) is 15.5. The molecule has 0 aromatic heterocycles. The number of nitrogens with zero attached hydrogens (tertiary/aromatic N) is 2. The van der Waals surface area contributed by atoms with Crippen LogP contribution in [0.4, 0.5) is 0 Å². The number of carbonyl (C=O) groups is 2. The van der Waals surface area contributed by atoms with Gasteiger partial charge in [0.05, 0.1) is 6.42 Å². The maximum atomic E-state index is 12.5. The van der Waals surface area contributed by atoms with Crippen LogP contribution in [0.15, 0.2) is 18.2 Å². The van der Waals surface area contributed by atoms with Crippen LogP contribution in [0.2, 0.25) is 0 Å². The van der Waals surface area contributed by atoms with Gasteiger partial charge in [-0.15, -0.1) is 0 Å². The molecule has 0 N–H and O–H groups in total. The molecular weight excluding hydrogens is 300 g/mol. The monoisotopic (exact) mass is 330 g/mol. The van der Waals surface area contributed by atoms with Crippen molar-refractivity contribution in [2.75, 3.05) is 26.2 Å². The Balaban J connectivity index is 1.89. The van der Waals surface area contributed by atoms with Crippen LogP contribution in [0.3, 0.4) is 0 Å². The summed E-state index contributed by atoms with van der Waals surface area (Å²) in [6.07, 6.45) is 2.23. The van der Waals surface area contributed by atoms with E-state index in [9.17, 15) is 9.59 Å².